The third-order valence-electron chi connectivity index (χ3n) is 5.55. The third kappa shape index (κ3) is 6.35. The summed E-state index contributed by atoms with van der Waals surface area (Å²) in [6.07, 6.45) is -3.85. The Morgan fingerprint density at radius 2 is 1.64 bits per heavy atom. The van der Waals surface area contributed by atoms with Crippen molar-refractivity contribution in [3.05, 3.63) is 83.8 Å². The number of urea groups is 1. The van der Waals surface area contributed by atoms with Crippen molar-refractivity contribution in [2.45, 2.75) is 12.6 Å². The SMILES string of the molecule is COc1cc2nccc(Oc3ccc(NC(=O)NC(=O)Cc4ccccc4C(F)(F)F)c(F)c3)c2cc1OC. The standard InChI is InChI=1S/C27H21F4N3O5/c1-37-23-13-17-21(14-24(23)38-2)32-10-9-22(17)39-16-7-8-20(19(28)12-16)33-26(36)34-25(35)11-15-5-3-4-6-18(15)27(29,30)31/h3-10,12-14H,11H2,1-2H3,(H2,33,34,35,36). The Morgan fingerprint density at radius 3 is 2.33 bits per heavy atom. The highest BCUT2D eigenvalue weighted by atomic mass is 19.4. The predicted octanol–water partition coefficient (Wildman–Crippen LogP) is 6.09. The Kier molecular flexibility index (Phi) is 7.84. The molecule has 0 bridgehead atoms. The van der Waals surface area contributed by atoms with Crippen LogP contribution in [0.15, 0.2) is 66.9 Å². The van der Waals surface area contributed by atoms with Crippen LogP contribution >= 0.6 is 0 Å². The molecule has 202 valence electrons. The maximum Gasteiger partial charge on any atom is 0.416 e. The number of aromatic nitrogens is 1. The number of nitrogens with zero attached hydrogens (tertiary/aromatic N) is 1. The number of imide groups is 1. The second-order valence-electron chi connectivity index (χ2n) is 8.11. The molecule has 0 aliphatic carbocycles. The highest BCUT2D eigenvalue weighted by molar-refractivity contribution is 6.01. The maximum absolute atomic E-state index is 14.7. The summed E-state index contributed by atoms with van der Waals surface area (Å²) in [5.74, 6) is -0.520. The molecule has 0 fully saturated rings. The fourth-order valence-electron chi connectivity index (χ4n) is 3.77. The van der Waals surface area contributed by atoms with Crippen molar-refractivity contribution < 1.29 is 41.4 Å². The lowest BCUT2D eigenvalue weighted by Crippen LogP contribution is -2.35. The van der Waals surface area contributed by atoms with Crippen LogP contribution in [-0.4, -0.2) is 31.1 Å². The molecule has 1 aromatic heterocycles. The van der Waals surface area contributed by atoms with Crippen molar-refractivity contribution in [3.8, 4) is 23.0 Å². The number of ether oxygens (including phenoxy) is 3. The largest absolute Gasteiger partial charge is 0.493 e. The second-order valence-corrected chi connectivity index (χ2v) is 8.11. The van der Waals surface area contributed by atoms with Gasteiger partial charge in [-0.15, -0.1) is 0 Å². The Morgan fingerprint density at radius 1 is 0.923 bits per heavy atom. The van der Waals surface area contributed by atoms with Gasteiger partial charge in [0.2, 0.25) is 5.91 Å². The first-order valence-electron chi connectivity index (χ1n) is 11.3. The molecule has 0 aliphatic rings. The maximum atomic E-state index is 14.7. The topological polar surface area (TPSA) is 98.8 Å². The highest BCUT2D eigenvalue weighted by Gasteiger charge is 2.33. The molecule has 39 heavy (non-hydrogen) atoms. The summed E-state index contributed by atoms with van der Waals surface area (Å²) in [5.41, 5.74) is -1.03. The van der Waals surface area contributed by atoms with Crippen LogP contribution in [0.5, 0.6) is 23.0 Å². The molecule has 8 nitrogen and oxygen atoms in total. The first kappa shape index (κ1) is 27.2. The number of benzene rings is 3. The number of nitrogens with one attached hydrogen (secondary N) is 2. The summed E-state index contributed by atoms with van der Waals surface area (Å²) in [4.78, 5) is 28.6. The minimum Gasteiger partial charge on any atom is -0.493 e. The van der Waals surface area contributed by atoms with Gasteiger partial charge in [0.15, 0.2) is 11.5 Å². The minimum atomic E-state index is -4.66. The van der Waals surface area contributed by atoms with Gasteiger partial charge >= 0.3 is 12.2 Å². The van der Waals surface area contributed by atoms with Crippen LogP contribution in [0.2, 0.25) is 0 Å². The summed E-state index contributed by atoms with van der Waals surface area (Å²) in [7, 11) is 2.97. The average molecular weight is 543 g/mol. The number of fused-ring (bicyclic) bond motifs is 1. The van der Waals surface area contributed by atoms with E-state index in [-0.39, 0.29) is 17.0 Å². The Hall–Kier alpha value is -4.87. The van der Waals surface area contributed by atoms with Gasteiger partial charge in [0, 0.05) is 23.7 Å². The zero-order chi connectivity index (χ0) is 28.2. The molecular weight excluding hydrogens is 522 g/mol. The number of methoxy groups -OCH3 is 2. The molecule has 0 radical (unpaired) electrons. The molecule has 0 aliphatic heterocycles. The molecule has 4 rings (SSSR count). The lowest BCUT2D eigenvalue weighted by molar-refractivity contribution is -0.138. The monoisotopic (exact) mass is 543 g/mol. The van der Waals surface area contributed by atoms with E-state index in [1.54, 1.807) is 18.2 Å². The van der Waals surface area contributed by atoms with Gasteiger partial charge in [0.1, 0.15) is 17.3 Å². The van der Waals surface area contributed by atoms with E-state index < -0.39 is 35.9 Å². The van der Waals surface area contributed by atoms with Crippen molar-refractivity contribution in [3.63, 3.8) is 0 Å². The number of hydrogen-bond acceptors (Lipinski definition) is 6. The molecule has 3 aromatic carbocycles. The zero-order valence-corrected chi connectivity index (χ0v) is 20.6. The molecule has 3 amide bonds. The number of anilines is 1. The number of alkyl halides is 3. The number of carbonyl (C=O) groups excluding carboxylic acids is 2. The van der Waals surface area contributed by atoms with E-state index in [1.165, 1.54) is 44.7 Å². The van der Waals surface area contributed by atoms with Crippen molar-refractivity contribution in [1.29, 1.82) is 0 Å². The van der Waals surface area contributed by atoms with Gasteiger partial charge in [-0.3, -0.25) is 15.1 Å². The van der Waals surface area contributed by atoms with Gasteiger partial charge in [0.25, 0.3) is 0 Å². The summed E-state index contributed by atoms with van der Waals surface area (Å²) in [6, 6.07) is 11.9. The molecule has 0 spiro atoms. The zero-order valence-electron chi connectivity index (χ0n) is 20.6. The number of hydrogen-bond donors (Lipinski definition) is 2. The number of halogens is 4. The van der Waals surface area contributed by atoms with Crippen molar-refractivity contribution in [2.24, 2.45) is 0 Å². The summed E-state index contributed by atoms with van der Waals surface area (Å²) in [5, 5.41) is 4.62. The van der Waals surface area contributed by atoms with Crippen LogP contribution in [0.25, 0.3) is 10.9 Å². The van der Waals surface area contributed by atoms with Crippen LogP contribution in [-0.2, 0) is 17.4 Å². The summed E-state index contributed by atoms with van der Waals surface area (Å²) < 4.78 is 70.5. The van der Waals surface area contributed by atoms with E-state index in [0.29, 0.717) is 28.2 Å². The van der Waals surface area contributed by atoms with Crippen molar-refractivity contribution >= 4 is 28.5 Å². The molecule has 1 heterocycles. The van der Waals surface area contributed by atoms with Gasteiger partial charge in [-0.05, 0) is 35.9 Å². The first-order chi connectivity index (χ1) is 18.6. The van der Waals surface area contributed by atoms with E-state index >= 15 is 0 Å². The molecule has 2 N–H and O–H groups in total. The van der Waals surface area contributed by atoms with Crippen LogP contribution in [0.4, 0.5) is 28.0 Å². The van der Waals surface area contributed by atoms with Gasteiger partial charge in [-0.1, -0.05) is 18.2 Å². The van der Waals surface area contributed by atoms with Crippen LogP contribution in [0.3, 0.4) is 0 Å². The lowest BCUT2D eigenvalue weighted by atomic mass is 10.0. The third-order valence-corrected chi connectivity index (χ3v) is 5.55. The van der Waals surface area contributed by atoms with Crippen molar-refractivity contribution in [2.75, 3.05) is 19.5 Å². The van der Waals surface area contributed by atoms with Gasteiger partial charge < -0.3 is 19.5 Å². The molecule has 4 aromatic rings. The van der Waals surface area contributed by atoms with E-state index in [0.717, 1.165) is 18.2 Å². The normalized spacial score (nSPS) is 11.1. The predicted molar refractivity (Wildman–Crippen MR) is 134 cm³/mol. The first-order valence-corrected chi connectivity index (χ1v) is 11.3. The average Bonchev–Trinajstić information content (AvgIpc) is 2.89. The Labute approximate surface area is 219 Å². The fourth-order valence-corrected chi connectivity index (χ4v) is 3.77. The quantitative estimate of drug-likeness (QED) is 0.274. The number of rotatable bonds is 7. The van der Waals surface area contributed by atoms with Crippen LogP contribution in [0.1, 0.15) is 11.1 Å². The Bertz CT molecular complexity index is 1540. The Balaban J connectivity index is 1.44. The van der Waals surface area contributed by atoms with E-state index in [1.807, 2.05) is 5.32 Å². The minimum absolute atomic E-state index is 0.0978. The van der Waals surface area contributed by atoms with Gasteiger partial charge in [0.05, 0.1) is 37.4 Å². The number of pyridine rings is 1. The molecule has 0 unspecified atom stereocenters. The second kappa shape index (κ2) is 11.3. The van der Waals surface area contributed by atoms with E-state index in [2.05, 4.69) is 10.3 Å². The lowest BCUT2D eigenvalue weighted by Gasteiger charge is -2.14. The number of carbonyl (C=O) groups is 2. The molecular formula is C27H21F4N3O5. The van der Waals surface area contributed by atoms with Crippen LogP contribution in [0, 0.1) is 5.82 Å². The van der Waals surface area contributed by atoms with Gasteiger partial charge in [-0.2, -0.15) is 13.2 Å². The van der Waals surface area contributed by atoms with Gasteiger partial charge in [-0.25, -0.2) is 9.18 Å². The fraction of sp³-hybridized carbons (Fsp3) is 0.148. The smallest absolute Gasteiger partial charge is 0.416 e. The van der Waals surface area contributed by atoms with E-state index in [9.17, 15) is 27.2 Å². The summed E-state index contributed by atoms with van der Waals surface area (Å²) >= 11 is 0. The molecule has 0 saturated carbocycles. The molecule has 12 heteroatoms. The van der Waals surface area contributed by atoms with E-state index in [4.69, 9.17) is 14.2 Å². The summed E-state index contributed by atoms with van der Waals surface area (Å²) in [6.45, 7) is 0. The highest BCUT2D eigenvalue weighted by Crippen LogP contribution is 2.37. The van der Waals surface area contributed by atoms with Crippen LogP contribution < -0.4 is 24.8 Å². The van der Waals surface area contributed by atoms with Crippen molar-refractivity contribution in [1.82, 2.24) is 10.3 Å². The number of amides is 3. The molecule has 0 saturated heterocycles. The molecule has 0 atom stereocenters.